The molecule has 98 valence electrons. The molecule has 4 nitrogen and oxygen atoms in total. The predicted molar refractivity (Wildman–Crippen MR) is 70.7 cm³/mol. The highest BCUT2D eigenvalue weighted by molar-refractivity contribution is 5.77. The Morgan fingerprint density at radius 2 is 2.22 bits per heavy atom. The summed E-state index contributed by atoms with van der Waals surface area (Å²) in [5, 5.41) is 6.22. The lowest BCUT2D eigenvalue weighted by molar-refractivity contribution is -0.123. The van der Waals surface area contributed by atoms with Crippen LogP contribution in [-0.4, -0.2) is 31.6 Å². The average Bonchev–Trinajstić information content (AvgIpc) is 2.89. The Kier molecular flexibility index (Phi) is 4.59. The number of carbonyl (C=O) groups excluding carboxylic acids is 1. The second-order valence-electron chi connectivity index (χ2n) is 4.70. The molecule has 0 spiro atoms. The zero-order chi connectivity index (χ0) is 12.8. The molecule has 2 N–H and O–H groups in total. The van der Waals surface area contributed by atoms with Gasteiger partial charge in [-0.15, -0.1) is 0 Å². The highest BCUT2D eigenvalue weighted by Gasteiger charge is 2.14. The number of amides is 1. The van der Waals surface area contributed by atoms with E-state index >= 15 is 0 Å². The Morgan fingerprint density at radius 3 is 2.89 bits per heavy atom. The number of hydrogen-bond donors (Lipinski definition) is 2. The summed E-state index contributed by atoms with van der Waals surface area (Å²) in [6.45, 7) is 3.84. The van der Waals surface area contributed by atoms with Gasteiger partial charge in [-0.05, 0) is 38.4 Å². The second-order valence-corrected chi connectivity index (χ2v) is 4.70. The van der Waals surface area contributed by atoms with E-state index in [1.54, 1.807) is 0 Å². The molecule has 2 rings (SSSR count). The zero-order valence-electron chi connectivity index (χ0n) is 10.7. The molecule has 1 saturated heterocycles. The fraction of sp³-hybridized carbons (Fsp3) is 0.500. The number of aryl methyl sites for hydroxylation is 1. The van der Waals surface area contributed by atoms with Crippen LogP contribution in [0.4, 0.5) is 0 Å². The third-order valence-corrected chi connectivity index (χ3v) is 3.10. The van der Waals surface area contributed by atoms with Crippen molar-refractivity contribution in [3.8, 4) is 5.75 Å². The lowest BCUT2D eigenvalue weighted by Gasteiger charge is -2.12. The van der Waals surface area contributed by atoms with Gasteiger partial charge in [-0.25, -0.2) is 0 Å². The van der Waals surface area contributed by atoms with Crippen LogP contribution in [0.15, 0.2) is 24.3 Å². The monoisotopic (exact) mass is 248 g/mol. The van der Waals surface area contributed by atoms with Gasteiger partial charge in [0.1, 0.15) is 5.75 Å². The summed E-state index contributed by atoms with van der Waals surface area (Å²) < 4.78 is 5.41. The van der Waals surface area contributed by atoms with Gasteiger partial charge >= 0.3 is 0 Å². The number of carbonyl (C=O) groups is 1. The number of rotatable bonds is 5. The van der Waals surface area contributed by atoms with Crippen LogP contribution in [0.3, 0.4) is 0 Å². The van der Waals surface area contributed by atoms with Crippen LogP contribution in [0.1, 0.15) is 18.4 Å². The van der Waals surface area contributed by atoms with Crippen LogP contribution in [-0.2, 0) is 4.79 Å². The van der Waals surface area contributed by atoms with E-state index in [9.17, 15) is 4.79 Å². The van der Waals surface area contributed by atoms with Crippen molar-refractivity contribution in [1.29, 1.82) is 0 Å². The molecular formula is C14H20N2O2. The number of hydrogen-bond acceptors (Lipinski definition) is 3. The Balaban J connectivity index is 1.66. The molecule has 0 aromatic heterocycles. The van der Waals surface area contributed by atoms with Crippen LogP contribution in [0.5, 0.6) is 5.75 Å². The molecule has 1 aliphatic heterocycles. The Hall–Kier alpha value is -1.55. The van der Waals surface area contributed by atoms with Gasteiger partial charge in [-0.1, -0.05) is 17.7 Å². The Labute approximate surface area is 108 Å². The largest absolute Gasteiger partial charge is 0.484 e. The third-order valence-electron chi connectivity index (χ3n) is 3.10. The van der Waals surface area contributed by atoms with E-state index in [4.69, 9.17) is 4.74 Å². The van der Waals surface area contributed by atoms with Crippen molar-refractivity contribution in [2.45, 2.75) is 25.8 Å². The smallest absolute Gasteiger partial charge is 0.257 e. The molecule has 1 fully saturated rings. The highest BCUT2D eigenvalue weighted by Crippen LogP contribution is 2.10. The minimum atomic E-state index is -0.0655. The molecule has 0 radical (unpaired) electrons. The van der Waals surface area contributed by atoms with Crippen molar-refractivity contribution in [1.82, 2.24) is 10.6 Å². The predicted octanol–water partition coefficient (Wildman–Crippen LogP) is 1.24. The fourth-order valence-electron chi connectivity index (χ4n) is 2.00. The van der Waals surface area contributed by atoms with Gasteiger partial charge < -0.3 is 15.4 Å². The van der Waals surface area contributed by atoms with Crippen LogP contribution >= 0.6 is 0 Å². The first-order valence-corrected chi connectivity index (χ1v) is 6.43. The van der Waals surface area contributed by atoms with Gasteiger partial charge in [0.15, 0.2) is 6.61 Å². The van der Waals surface area contributed by atoms with Crippen molar-refractivity contribution in [2.24, 2.45) is 0 Å². The summed E-state index contributed by atoms with van der Waals surface area (Å²) in [4.78, 5) is 11.6. The lowest BCUT2D eigenvalue weighted by Crippen LogP contribution is -2.39. The minimum absolute atomic E-state index is 0.0655. The van der Waals surface area contributed by atoms with Gasteiger partial charge in [-0.2, -0.15) is 0 Å². The van der Waals surface area contributed by atoms with E-state index in [0.29, 0.717) is 12.6 Å². The van der Waals surface area contributed by atoms with Crippen LogP contribution in [0, 0.1) is 6.92 Å². The SMILES string of the molecule is Cc1ccc(OCC(=O)NCC2CCCN2)cc1. The molecule has 1 unspecified atom stereocenters. The molecule has 4 heteroatoms. The van der Waals surface area contributed by atoms with Crippen LogP contribution < -0.4 is 15.4 Å². The van der Waals surface area contributed by atoms with E-state index in [1.807, 2.05) is 31.2 Å². The maximum Gasteiger partial charge on any atom is 0.257 e. The number of benzene rings is 1. The Morgan fingerprint density at radius 1 is 1.44 bits per heavy atom. The van der Waals surface area contributed by atoms with E-state index in [1.165, 1.54) is 12.0 Å². The summed E-state index contributed by atoms with van der Waals surface area (Å²) in [6.07, 6.45) is 2.33. The van der Waals surface area contributed by atoms with Crippen LogP contribution in [0.2, 0.25) is 0 Å². The van der Waals surface area contributed by atoms with E-state index in [0.717, 1.165) is 18.7 Å². The van der Waals surface area contributed by atoms with Crippen molar-refractivity contribution in [3.05, 3.63) is 29.8 Å². The molecule has 0 aliphatic carbocycles. The van der Waals surface area contributed by atoms with E-state index in [2.05, 4.69) is 10.6 Å². The van der Waals surface area contributed by atoms with Crippen LogP contribution in [0.25, 0.3) is 0 Å². The Bertz CT molecular complexity index is 383. The summed E-state index contributed by atoms with van der Waals surface area (Å²) in [5.74, 6) is 0.666. The molecular weight excluding hydrogens is 228 g/mol. The summed E-state index contributed by atoms with van der Waals surface area (Å²) >= 11 is 0. The van der Waals surface area contributed by atoms with Gasteiger partial charge in [-0.3, -0.25) is 4.79 Å². The fourth-order valence-corrected chi connectivity index (χ4v) is 2.00. The molecule has 1 amide bonds. The molecule has 0 bridgehead atoms. The summed E-state index contributed by atoms with van der Waals surface area (Å²) in [6, 6.07) is 8.11. The number of nitrogens with one attached hydrogen (secondary N) is 2. The van der Waals surface area contributed by atoms with Crippen molar-refractivity contribution in [3.63, 3.8) is 0 Å². The maximum atomic E-state index is 11.6. The molecule has 1 aromatic carbocycles. The molecule has 1 aliphatic rings. The zero-order valence-corrected chi connectivity index (χ0v) is 10.7. The first-order chi connectivity index (χ1) is 8.74. The standard InChI is InChI=1S/C14H20N2O2/c1-11-4-6-13(7-5-11)18-10-14(17)16-9-12-3-2-8-15-12/h4-7,12,15H,2-3,8-10H2,1H3,(H,16,17). The molecule has 1 aromatic rings. The van der Waals surface area contributed by atoms with E-state index in [-0.39, 0.29) is 12.5 Å². The first-order valence-electron chi connectivity index (χ1n) is 6.43. The van der Waals surface area contributed by atoms with Gasteiger partial charge in [0, 0.05) is 12.6 Å². The third kappa shape index (κ3) is 4.04. The normalized spacial score (nSPS) is 18.6. The number of ether oxygens (including phenoxy) is 1. The first kappa shape index (κ1) is 12.9. The molecule has 1 heterocycles. The minimum Gasteiger partial charge on any atom is -0.484 e. The van der Waals surface area contributed by atoms with Gasteiger partial charge in [0.05, 0.1) is 0 Å². The van der Waals surface area contributed by atoms with Crippen molar-refractivity contribution < 1.29 is 9.53 Å². The summed E-state index contributed by atoms with van der Waals surface area (Å²) in [5.41, 5.74) is 1.18. The molecule has 0 saturated carbocycles. The summed E-state index contributed by atoms with van der Waals surface area (Å²) in [7, 11) is 0. The topological polar surface area (TPSA) is 50.4 Å². The molecule has 18 heavy (non-hydrogen) atoms. The average molecular weight is 248 g/mol. The second kappa shape index (κ2) is 6.40. The maximum absolute atomic E-state index is 11.6. The quantitative estimate of drug-likeness (QED) is 0.824. The molecule has 1 atom stereocenters. The van der Waals surface area contributed by atoms with Crippen molar-refractivity contribution >= 4 is 5.91 Å². The van der Waals surface area contributed by atoms with Gasteiger partial charge in [0.25, 0.3) is 5.91 Å². The van der Waals surface area contributed by atoms with E-state index < -0.39 is 0 Å². The van der Waals surface area contributed by atoms with Gasteiger partial charge in [0.2, 0.25) is 0 Å². The lowest BCUT2D eigenvalue weighted by atomic mass is 10.2. The van der Waals surface area contributed by atoms with Crippen molar-refractivity contribution in [2.75, 3.05) is 19.7 Å². The highest BCUT2D eigenvalue weighted by atomic mass is 16.5.